The number of carbonyl (C=O) groups is 1. The number of fused-ring (bicyclic) bond motifs is 1. The quantitative estimate of drug-likeness (QED) is 0.611. The number of aromatic nitrogens is 1. The molecule has 1 aromatic heterocycles. The van der Waals surface area contributed by atoms with Gasteiger partial charge in [-0.2, -0.15) is 0 Å². The van der Waals surface area contributed by atoms with Crippen LogP contribution >= 0.6 is 0 Å². The lowest BCUT2D eigenvalue weighted by Crippen LogP contribution is -2.07. The molecular weight excluding hydrogens is 330 g/mol. The van der Waals surface area contributed by atoms with Crippen LogP contribution in [0.4, 0.5) is 0 Å². The number of hydrogen-bond acceptors (Lipinski definition) is 4. The van der Waals surface area contributed by atoms with E-state index < -0.39 is 0 Å². The van der Waals surface area contributed by atoms with Gasteiger partial charge < -0.3 is 18.8 Å². The van der Waals surface area contributed by atoms with Crippen molar-refractivity contribution in [2.24, 2.45) is 0 Å². The number of esters is 1. The minimum Gasteiger partial charge on any atom is -0.497 e. The van der Waals surface area contributed by atoms with Crippen molar-refractivity contribution in [1.82, 2.24) is 4.57 Å². The van der Waals surface area contributed by atoms with Crippen molar-refractivity contribution >= 4 is 16.9 Å². The smallest absolute Gasteiger partial charge is 0.340 e. The maximum atomic E-state index is 12.6. The predicted octanol–water partition coefficient (Wildman–Crippen LogP) is 4.52. The molecule has 0 saturated carbocycles. The number of hydrogen-bond donors (Lipinski definition) is 0. The lowest BCUT2D eigenvalue weighted by atomic mass is 10.1. The van der Waals surface area contributed by atoms with E-state index in [1.807, 2.05) is 63.2 Å². The molecule has 5 heteroatoms. The van der Waals surface area contributed by atoms with E-state index in [1.165, 1.54) is 0 Å². The molecular formula is C21H23NO4. The minimum atomic E-state index is -0.323. The lowest BCUT2D eigenvalue weighted by molar-refractivity contribution is 0.0527. The molecule has 26 heavy (non-hydrogen) atoms. The molecule has 0 bridgehead atoms. The SMILES string of the molecule is CCOC(=O)c1c(C)n(-c2ccc(OC)cc2)c2ccc(OCC)cc12. The highest BCUT2D eigenvalue weighted by molar-refractivity contribution is 6.07. The van der Waals surface area contributed by atoms with Gasteiger partial charge in [0.05, 0.1) is 31.4 Å². The summed E-state index contributed by atoms with van der Waals surface area (Å²) in [7, 11) is 1.64. The molecule has 1 heterocycles. The van der Waals surface area contributed by atoms with Crippen molar-refractivity contribution in [2.75, 3.05) is 20.3 Å². The fourth-order valence-corrected chi connectivity index (χ4v) is 3.18. The zero-order valence-electron chi connectivity index (χ0n) is 15.5. The highest BCUT2D eigenvalue weighted by Crippen LogP contribution is 2.33. The summed E-state index contributed by atoms with van der Waals surface area (Å²) in [5, 5.41) is 0.822. The van der Waals surface area contributed by atoms with Crippen molar-refractivity contribution in [3.8, 4) is 17.2 Å². The summed E-state index contributed by atoms with van der Waals surface area (Å²) < 4.78 is 18.2. The van der Waals surface area contributed by atoms with Gasteiger partial charge in [0, 0.05) is 16.8 Å². The van der Waals surface area contributed by atoms with Crippen molar-refractivity contribution in [3.63, 3.8) is 0 Å². The van der Waals surface area contributed by atoms with Crippen LogP contribution in [0.25, 0.3) is 16.6 Å². The third-order valence-electron chi connectivity index (χ3n) is 4.30. The summed E-state index contributed by atoms with van der Waals surface area (Å²) in [5.74, 6) is 1.19. The van der Waals surface area contributed by atoms with Gasteiger partial charge in [-0.1, -0.05) is 0 Å². The fourth-order valence-electron chi connectivity index (χ4n) is 3.18. The Kier molecular flexibility index (Phi) is 5.16. The van der Waals surface area contributed by atoms with Crippen LogP contribution in [0.2, 0.25) is 0 Å². The molecule has 3 rings (SSSR count). The van der Waals surface area contributed by atoms with E-state index in [0.29, 0.717) is 18.8 Å². The molecule has 0 fully saturated rings. The normalized spacial score (nSPS) is 10.8. The monoisotopic (exact) mass is 353 g/mol. The molecule has 0 aliphatic carbocycles. The first-order chi connectivity index (χ1) is 12.6. The van der Waals surface area contributed by atoms with Crippen LogP contribution in [0, 0.1) is 6.92 Å². The van der Waals surface area contributed by atoms with Crippen LogP contribution in [-0.4, -0.2) is 30.9 Å². The first-order valence-electron chi connectivity index (χ1n) is 8.70. The molecule has 136 valence electrons. The van der Waals surface area contributed by atoms with Crippen molar-refractivity contribution in [1.29, 1.82) is 0 Å². The number of benzene rings is 2. The van der Waals surface area contributed by atoms with Gasteiger partial charge in [0.25, 0.3) is 0 Å². The summed E-state index contributed by atoms with van der Waals surface area (Å²) in [6.07, 6.45) is 0. The third kappa shape index (κ3) is 3.12. The molecule has 0 amide bonds. The van der Waals surface area contributed by atoms with E-state index >= 15 is 0 Å². The van der Waals surface area contributed by atoms with Gasteiger partial charge in [-0.25, -0.2) is 4.79 Å². The van der Waals surface area contributed by atoms with Gasteiger partial charge in [0.15, 0.2) is 0 Å². The van der Waals surface area contributed by atoms with Gasteiger partial charge in [-0.3, -0.25) is 0 Å². The Labute approximate surface area is 153 Å². The number of rotatable bonds is 6. The Balaban J connectivity index is 2.24. The number of carbonyl (C=O) groups excluding carboxylic acids is 1. The molecule has 0 aliphatic rings. The summed E-state index contributed by atoms with van der Waals surface area (Å²) in [5.41, 5.74) is 3.28. The molecule has 0 N–H and O–H groups in total. The molecule has 0 unspecified atom stereocenters. The van der Waals surface area contributed by atoms with Crippen molar-refractivity contribution < 1.29 is 19.0 Å². The van der Waals surface area contributed by atoms with Crippen LogP contribution in [0.15, 0.2) is 42.5 Å². The molecule has 0 saturated heterocycles. The first-order valence-corrected chi connectivity index (χ1v) is 8.70. The van der Waals surface area contributed by atoms with Crippen LogP contribution in [-0.2, 0) is 4.74 Å². The summed E-state index contributed by atoms with van der Waals surface area (Å²) >= 11 is 0. The molecule has 5 nitrogen and oxygen atoms in total. The molecule has 0 radical (unpaired) electrons. The van der Waals surface area contributed by atoms with Gasteiger partial charge in [0.1, 0.15) is 11.5 Å². The van der Waals surface area contributed by atoms with Crippen LogP contribution < -0.4 is 9.47 Å². The Bertz CT molecular complexity index is 925. The van der Waals surface area contributed by atoms with Gasteiger partial charge in [-0.05, 0) is 63.2 Å². The summed E-state index contributed by atoms with van der Waals surface area (Å²) in [6.45, 7) is 6.57. The zero-order valence-corrected chi connectivity index (χ0v) is 15.5. The average molecular weight is 353 g/mol. The minimum absolute atomic E-state index is 0.323. The van der Waals surface area contributed by atoms with E-state index in [-0.39, 0.29) is 5.97 Å². The van der Waals surface area contributed by atoms with E-state index in [0.717, 1.165) is 33.8 Å². The van der Waals surface area contributed by atoms with Crippen LogP contribution in [0.5, 0.6) is 11.5 Å². The second-order valence-electron chi connectivity index (χ2n) is 5.83. The highest BCUT2D eigenvalue weighted by Gasteiger charge is 2.22. The topological polar surface area (TPSA) is 49.7 Å². The first kappa shape index (κ1) is 17.9. The molecule has 3 aromatic rings. The lowest BCUT2D eigenvalue weighted by Gasteiger charge is -2.10. The molecule has 0 spiro atoms. The fraction of sp³-hybridized carbons (Fsp3) is 0.286. The van der Waals surface area contributed by atoms with Crippen molar-refractivity contribution in [2.45, 2.75) is 20.8 Å². The molecule has 0 atom stereocenters. The predicted molar refractivity (Wildman–Crippen MR) is 102 cm³/mol. The molecule has 2 aromatic carbocycles. The van der Waals surface area contributed by atoms with Gasteiger partial charge >= 0.3 is 5.97 Å². The standard InChI is InChI=1S/C21H23NO4/c1-5-25-17-11-12-19-18(13-17)20(21(23)26-6-2)14(3)22(19)15-7-9-16(24-4)10-8-15/h7-13H,5-6H2,1-4H3. The number of ether oxygens (including phenoxy) is 3. The average Bonchev–Trinajstić information content (AvgIpc) is 2.93. The largest absolute Gasteiger partial charge is 0.497 e. The van der Waals surface area contributed by atoms with E-state index in [9.17, 15) is 4.79 Å². The Morgan fingerprint density at radius 3 is 2.31 bits per heavy atom. The Hall–Kier alpha value is -2.95. The van der Waals surface area contributed by atoms with Gasteiger partial charge in [-0.15, -0.1) is 0 Å². The van der Waals surface area contributed by atoms with Crippen LogP contribution in [0.3, 0.4) is 0 Å². The highest BCUT2D eigenvalue weighted by atomic mass is 16.5. The molecule has 0 aliphatic heterocycles. The van der Waals surface area contributed by atoms with E-state index in [4.69, 9.17) is 14.2 Å². The Morgan fingerprint density at radius 1 is 1.00 bits per heavy atom. The van der Waals surface area contributed by atoms with E-state index in [1.54, 1.807) is 7.11 Å². The number of methoxy groups -OCH3 is 1. The second-order valence-corrected chi connectivity index (χ2v) is 5.83. The second kappa shape index (κ2) is 7.52. The maximum Gasteiger partial charge on any atom is 0.340 e. The van der Waals surface area contributed by atoms with Crippen LogP contribution in [0.1, 0.15) is 29.9 Å². The summed E-state index contributed by atoms with van der Waals surface area (Å²) in [6, 6.07) is 13.5. The third-order valence-corrected chi connectivity index (χ3v) is 4.30. The van der Waals surface area contributed by atoms with Gasteiger partial charge in [0.2, 0.25) is 0 Å². The number of nitrogens with zero attached hydrogens (tertiary/aromatic N) is 1. The van der Waals surface area contributed by atoms with E-state index in [2.05, 4.69) is 4.57 Å². The Morgan fingerprint density at radius 2 is 1.69 bits per heavy atom. The zero-order chi connectivity index (χ0) is 18.7. The summed E-state index contributed by atoms with van der Waals surface area (Å²) in [4.78, 5) is 12.6. The van der Waals surface area contributed by atoms with Crippen molar-refractivity contribution in [3.05, 3.63) is 53.7 Å². The maximum absolute atomic E-state index is 12.6.